The van der Waals surface area contributed by atoms with Crippen molar-refractivity contribution in [2.45, 2.75) is 29.8 Å². The highest BCUT2D eigenvalue weighted by Gasteiger charge is 2.53. The van der Waals surface area contributed by atoms with Crippen molar-refractivity contribution in [1.82, 2.24) is 24.5 Å². The number of hydrogen-bond acceptors (Lipinski definition) is 13. The third-order valence-corrected chi connectivity index (χ3v) is 8.54. The molecule has 0 spiro atoms. The van der Waals surface area contributed by atoms with Crippen molar-refractivity contribution < 1.29 is 28.9 Å². The summed E-state index contributed by atoms with van der Waals surface area (Å²) in [7, 11) is 4.03. The molecule has 0 bridgehead atoms. The zero-order valence-corrected chi connectivity index (χ0v) is 24.0. The van der Waals surface area contributed by atoms with Crippen LogP contribution in [0.5, 0.6) is 0 Å². The Morgan fingerprint density at radius 2 is 2.23 bits per heavy atom. The molecule has 2 aromatic rings. The van der Waals surface area contributed by atoms with Crippen LogP contribution < -0.4 is 20.7 Å². The van der Waals surface area contributed by atoms with Gasteiger partial charge in [0.15, 0.2) is 24.1 Å². The van der Waals surface area contributed by atoms with Gasteiger partial charge < -0.3 is 30.7 Å². The number of thioether (sulfide) groups is 2. The first-order valence-corrected chi connectivity index (χ1v) is 14.8. The SMILES string of the molecule is CCON=C(C(=O)NC1C(=O)N2C(C(=O)[O-])=C(C[n+]3cccc(SCCN(C)C)c3)CS[C@@H]12)c1nsc(N)n1. The highest BCUT2D eigenvalue weighted by molar-refractivity contribution is 8.00. The molecule has 2 amide bonds. The lowest BCUT2D eigenvalue weighted by Crippen LogP contribution is -2.71. The number of aliphatic carboxylic acids is 1. The lowest BCUT2D eigenvalue weighted by Gasteiger charge is -2.50. The van der Waals surface area contributed by atoms with Crippen LogP contribution in [0.15, 0.2) is 45.8 Å². The van der Waals surface area contributed by atoms with E-state index in [1.54, 1.807) is 18.7 Å². The van der Waals surface area contributed by atoms with Gasteiger partial charge in [-0.3, -0.25) is 14.5 Å². The predicted molar refractivity (Wildman–Crippen MR) is 145 cm³/mol. The van der Waals surface area contributed by atoms with Gasteiger partial charge in [-0.1, -0.05) is 5.16 Å². The molecular formula is C23H28N8O5S3. The van der Waals surface area contributed by atoms with Crippen molar-refractivity contribution in [1.29, 1.82) is 0 Å². The van der Waals surface area contributed by atoms with E-state index in [0.29, 0.717) is 11.3 Å². The van der Waals surface area contributed by atoms with Gasteiger partial charge in [-0.2, -0.15) is 13.9 Å². The Morgan fingerprint density at radius 3 is 2.90 bits per heavy atom. The number of carbonyl (C=O) groups is 3. The largest absolute Gasteiger partial charge is 0.543 e. The fourth-order valence-corrected chi connectivity index (χ4v) is 6.74. The number of oxime groups is 1. The second-order valence-electron chi connectivity index (χ2n) is 8.78. The van der Waals surface area contributed by atoms with Crippen LogP contribution in [0.1, 0.15) is 12.7 Å². The minimum atomic E-state index is -1.44. The van der Waals surface area contributed by atoms with Crippen molar-refractivity contribution in [2.75, 3.05) is 44.5 Å². The van der Waals surface area contributed by atoms with E-state index in [4.69, 9.17) is 10.6 Å². The van der Waals surface area contributed by atoms with Crippen LogP contribution in [0.25, 0.3) is 0 Å². The van der Waals surface area contributed by atoms with Crippen LogP contribution in [-0.4, -0.2) is 92.8 Å². The maximum Gasteiger partial charge on any atom is 0.278 e. The Hall–Kier alpha value is -3.21. The molecule has 4 rings (SSSR count). The molecule has 3 N–H and O–H groups in total. The molecule has 2 aromatic heterocycles. The van der Waals surface area contributed by atoms with Crippen LogP contribution in [0, 0.1) is 0 Å². The summed E-state index contributed by atoms with van der Waals surface area (Å²) in [5.41, 5.74) is 5.79. The molecule has 0 aliphatic carbocycles. The van der Waals surface area contributed by atoms with Gasteiger partial charge in [0.05, 0.1) is 16.6 Å². The van der Waals surface area contributed by atoms with Crippen LogP contribution in [-0.2, 0) is 25.8 Å². The first-order chi connectivity index (χ1) is 18.7. The molecule has 0 aromatic carbocycles. The first kappa shape index (κ1) is 28.8. The Balaban J connectivity index is 1.48. The quantitative estimate of drug-likeness (QED) is 0.101. The second-order valence-corrected chi connectivity index (χ2v) is 11.8. The number of nitrogens with zero attached hydrogens (tertiary/aromatic N) is 6. The molecule has 0 radical (unpaired) electrons. The summed E-state index contributed by atoms with van der Waals surface area (Å²) in [6.07, 6.45) is 3.81. The Labute approximate surface area is 237 Å². The van der Waals surface area contributed by atoms with Gasteiger partial charge in [0.1, 0.15) is 18.0 Å². The van der Waals surface area contributed by atoms with E-state index in [0.717, 1.165) is 28.7 Å². The average molecular weight is 593 g/mol. The van der Waals surface area contributed by atoms with Crippen molar-refractivity contribution in [2.24, 2.45) is 5.16 Å². The number of fused-ring (bicyclic) bond motifs is 1. The Morgan fingerprint density at radius 1 is 1.44 bits per heavy atom. The van der Waals surface area contributed by atoms with Gasteiger partial charge in [-0.05, 0) is 27.1 Å². The number of aromatic nitrogens is 3. The number of nitrogen functional groups attached to an aromatic ring is 1. The van der Waals surface area contributed by atoms with Crippen LogP contribution >= 0.6 is 35.1 Å². The summed E-state index contributed by atoms with van der Waals surface area (Å²) in [5, 5.41) is 18.1. The van der Waals surface area contributed by atoms with Crippen molar-refractivity contribution in [3.05, 3.63) is 41.6 Å². The standard InChI is InChI=1S/C23H28N8O5S3/c1-4-36-27-15(18-26-23(24)39-28-18)19(32)25-16-20(33)31-17(22(34)35)13(12-38-21(16)31)10-30-7-5-6-14(11-30)37-9-8-29(2)3/h5-7,11,16,21H,4,8-10,12H2,1-3H3,(H3-,24,25,26,28,32,34,35)/t16?,21-/m0/s1. The summed E-state index contributed by atoms with van der Waals surface area (Å²) in [6, 6.07) is 2.94. The summed E-state index contributed by atoms with van der Waals surface area (Å²) < 4.78 is 5.88. The Kier molecular flexibility index (Phi) is 9.42. The van der Waals surface area contributed by atoms with E-state index in [1.165, 1.54) is 16.7 Å². The zero-order chi connectivity index (χ0) is 28.1. The van der Waals surface area contributed by atoms with Crippen LogP contribution in [0.3, 0.4) is 0 Å². The van der Waals surface area contributed by atoms with Gasteiger partial charge in [0, 0.05) is 41.2 Å². The lowest BCUT2D eigenvalue weighted by molar-refractivity contribution is -0.690. The third kappa shape index (κ3) is 6.69. The smallest absolute Gasteiger partial charge is 0.278 e. The summed E-state index contributed by atoms with van der Waals surface area (Å²) in [6.45, 7) is 3.11. The van der Waals surface area contributed by atoms with Crippen molar-refractivity contribution in [3.63, 3.8) is 0 Å². The van der Waals surface area contributed by atoms with E-state index in [1.807, 2.05) is 43.2 Å². The van der Waals surface area contributed by atoms with Crippen LogP contribution in [0.2, 0.25) is 0 Å². The molecule has 1 fully saturated rings. The van der Waals surface area contributed by atoms with E-state index < -0.39 is 29.2 Å². The number of nitrogens with one attached hydrogen (secondary N) is 1. The number of anilines is 1. The molecule has 2 aliphatic rings. The summed E-state index contributed by atoms with van der Waals surface area (Å²) >= 11 is 3.96. The molecule has 2 atom stereocenters. The number of carboxylic acids is 1. The van der Waals surface area contributed by atoms with Crippen molar-refractivity contribution >= 4 is 63.7 Å². The van der Waals surface area contributed by atoms with Gasteiger partial charge in [0.2, 0.25) is 11.5 Å². The topological polar surface area (TPSA) is 170 Å². The molecule has 4 heterocycles. The van der Waals surface area contributed by atoms with E-state index in [-0.39, 0.29) is 35.5 Å². The van der Waals surface area contributed by atoms with Gasteiger partial charge in [-0.15, -0.1) is 23.5 Å². The van der Waals surface area contributed by atoms with Gasteiger partial charge in [-0.25, -0.2) is 0 Å². The van der Waals surface area contributed by atoms with Crippen LogP contribution in [0.4, 0.5) is 5.13 Å². The molecule has 13 nitrogen and oxygen atoms in total. The lowest BCUT2D eigenvalue weighted by atomic mass is 10.0. The van der Waals surface area contributed by atoms with E-state index in [2.05, 4.69) is 24.7 Å². The summed E-state index contributed by atoms with van der Waals surface area (Å²) in [5.74, 6) is -1.49. The number of β-lactam (4-membered cyclic amide) rings is 1. The highest BCUT2D eigenvalue weighted by atomic mass is 32.2. The highest BCUT2D eigenvalue weighted by Crippen LogP contribution is 2.40. The number of rotatable bonds is 12. The zero-order valence-electron chi connectivity index (χ0n) is 21.5. The Bertz CT molecular complexity index is 1310. The molecular weight excluding hydrogens is 565 g/mol. The number of pyridine rings is 1. The molecule has 16 heteroatoms. The maximum absolute atomic E-state index is 13.1. The van der Waals surface area contributed by atoms with Gasteiger partial charge >= 0.3 is 0 Å². The van der Waals surface area contributed by atoms with E-state index in [9.17, 15) is 19.5 Å². The number of hydrogen-bond donors (Lipinski definition) is 2. The molecule has 208 valence electrons. The minimum Gasteiger partial charge on any atom is -0.543 e. The molecule has 1 unspecified atom stereocenters. The fourth-order valence-electron chi connectivity index (χ4n) is 3.90. The molecule has 1 saturated heterocycles. The normalized spacial score (nSPS) is 19.1. The number of carboxylic acid groups (broad SMARTS) is 1. The van der Waals surface area contributed by atoms with Gasteiger partial charge in [0.25, 0.3) is 11.8 Å². The number of amides is 2. The number of nitrogens with two attached hydrogens (primary N) is 1. The fraction of sp³-hybridized carbons (Fsp3) is 0.435. The molecule has 0 saturated carbocycles. The third-order valence-electron chi connectivity index (χ3n) is 5.69. The molecule has 39 heavy (non-hydrogen) atoms. The summed E-state index contributed by atoms with van der Waals surface area (Å²) in [4.78, 5) is 51.6. The number of carbonyl (C=O) groups excluding carboxylic acids is 3. The average Bonchev–Trinajstić information content (AvgIpc) is 3.32. The minimum absolute atomic E-state index is 0.0277. The second kappa shape index (κ2) is 12.8. The van der Waals surface area contributed by atoms with E-state index >= 15 is 0 Å². The predicted octanol–water partition coefficient (Wildman–Crippen LogP) is -1.09. The van der Waals surface area contributed by atoms with Crippen molar-refractivity contribution in [3.8, 4) is 0 Å². The monoisotopic (exact) mass is 592 g/mol. The maximum atomic E-state index is 13.1. The first-order valence-electron chi connectivity index (χ1n) is 11.9. The molecule has 2 aliphatic heterocycles.